The minimum absolute atomic E-state index is 0.0132. The minimum atomic E-state index is -0.285. The first-order chi connectivity index (χ1) is 21.3. The van der Waals surface area contributed by atoms with E-state index in [-0.39, 0.29) is 49.0 Å². The second-order valence-corrected chi connectivity index (χ2v) is 11.8. The molecule has 44 heavy (non-hydrogen) atoms. The third-order valence-corrected chi connectivity index (χ3v) is 8.54. The Hall–Kier alpha value is -4.19. The summed E-state index contributed by atoms with van der Waals surface area (Å²) in [5.74, 6) is 1.16. The number of methoxy groups -OCH3 is 1. The molecule has 5 rings (SSSR count). The highest BCUT2D eigenvalue weighted by molar-refractivity contribution is 6.03. The van der Waals surface area contributed by atoms with Gasteiger partial charge in [-0.2, -0.15) is 4.98 Å². The van der Waals surface area contributed by atoms with Crippen LogP contribution in [0.4, 0.5) is 11.8 Å². The summed E-state index contributed by atoms with van der Waals surface area (Å²) in [6.07, 6.45) is 5.78. The number of likely N-dealkylation sites (tertiary alicyclic amines) is 1. The number of hydrogen-bond acceptors (Lipinski definition) is 9. The number of carbonyl (C=O) groups is 3. The van der Waals surface area contributed by atoms with E-state index in [1.54, 1.807) is 14.0 Å². The molecule has 2 saturated heterocycles. The molecule has 0 saturated carbocycles. The number of piperazine rings is 1. The number of anilines is 2. The Bertz CT molecular complexity index is 1500. The second-order valence-electron chi connectivity index (χ2n) is 11.8. The van der Waals surface area contributed by atoms with Gasteiger partial charge in [0.1, 0.15) is 11.3 Å². The molecule has 4 heterocycles. The van der Waals surface area contributed by atoms with Gasteiger partial charge in [-0.15, -0.1) is 0 Å². The summed E-state index contributed by atoms with van der Waals surface area (Å²) in [6.45, 7) is 9.02. The van der Waals surface area contributed by atoms with E-state index in [1.807, 2.05) is 17.2 Å². The first-order valence-corrected chi connectivity index (χ1v) is 15.6. The maximum absolute atomic E-state index is 12.8. The average molecular weight is 605 g/mol. The number of hydrogen-bond donors (Lipinski definition) is 2. The van der Waals surface area contributed by atoms with Gasteiger partial charge in [0.15, 0.2) is 5.82 Å². The van der Waals surface area contributed by atoms with Crippen molar-refractivity contribution in [3.8, 4) is 5.75 Å². The molecule has 2 aliphatic heterocycles. The first-order valence-electron chi connectivity index (χ1n) is 15.6. The first kappa shape index (κ1) is 31.2. The van der Waals surface area contributed by atoms with Crippen molar-refractivity contribution in [3.05, 3.63) is 41.6 Å². The van der Waals surface area contributed by atoms with Crippen LogP contribution in [0.15, 0.2) is 30.5 Å². The number of imide groups is 1. The molecule has 2 aromatic heterocycles. The Labute approximate surface area is 258 Å². The fourth-order valence-corrected chi connectivity index (χ4v) is 6.03. The standard InChI is InChI=1S/C32H44N8O4/c1-4-5-6-11-34-30-29-25(35-32(33)36-30)9-12-39(29)21-24-8-7-23(19-26(24)44-3)20-37-14-16-38(17-15-37)27(41)10-13-40-28(42)18-22(2)31(40)43/h7-9,12,19,22H,4-6,10-11,13-18,20-21H2,1-3H3,(H3,33,34,35,36). The van der Waals surface area contributed by atoms with Gasteiger partial charge < -0.3 is 25.3 Å². The number of ether oxygens (including phenoxy) is 1. The molecule has 3 amide bonds. The van der Waals surface area contributed by atoms with Crippen LogP contribution < -0.4 is 15.8 Å². The van der Waals surface area contributed by atoms with Crippen molar-refractivity contribution in [3.63, 3.8) is 0 Å². The van der Waals surface area contributed by atoms with Crippen molar-refractivity contribution >= 4 is 40.5 Å². The van der Waals surface area contributed by atoms with Crippen LogP contribution in [0.5, 0.6) is 5.75 Å². The van der Waals surface area contributed by atoms with Crippen molar-refractivity contribution in [1.82, 2.24) is 29.2 Å². The summed E-state index contributed by atoms with van der Waals surface area (Å²) in [6, 6.07) is 8.28. The molecule has 0 spiro atoms. The fourth-order valence-electron chi connectivity index (χ4n) is 6.03. The van der Waals surface area contributed by atoms with Crippen molar-refractivity contribution in [2.45, 2.75) is 59.0 Å². The molecule has 0 bridgehead atoms. The molecule has 3 N–H and O–H groups in total. The number of amides is 3. The summed E-state index contributed by atoms with van der Waals surface area (Å²) < 4.78 is 7.94. The molecule has 1 unspecified atom stereocenters. The molecule has 0 radical (unpaired) electrons. The van der Waals surface area contributed by atoms with Crippen LogP contribution in [0.1, 0.15) is 57.1 Å². The maximum atomic E-state index is 12.8. The summed E-state index contributed by atoms with van der Waals surface area (Å²) >= 11 is 0. The third-order valence-electron chi connectivity index (χ3n) is 8.54. The van der Waals surface area contributed by atoms with Crippen LogP contribution in [0.2, 0.25) is 0 Å². The lowest BCUT2D eigenvalue weighted by Crippen LogP contribution is -2.49. The van der Waals surface area contributed by atoms with Gasteiger partial charge in [-0.3, -0.25) is 24.2 Å². The predicted molar refractivity (Wildman–Crippen MR) is 169 cm³/mol. The highest BCUT2D eigenvalue weighted by Gasteiger charge is 2.35. The highest BCUT2D eigenvalue weighted by atomic mass is 16.5. The summed E-state index contributed by atoms with van der Waals surface area (Å²) in [4.78, 5) is 51.3. The Morgan fingerprint density at radius 3 is 2.59 bits per heavy atom. The van der Waals surface area contributed by atoms with E-state index in [9.17, 15) is 14.4 Å². The molecular weight excluding hydrogens is 560 g/mol. The van der Waals surface area contributed by atoms with Gasteiger partial charge in [0.05, 0.1) is 19.2 Å². The minimum Gasteiger partial charge on any atom is -0.496 e. The number of nitrogens with two attached hydrogens (primary N) is 1. The number of nitrogens with zero attached hydrogens (tertiary/aromatic N) is 6. The van der Waals surface area contributed by atoms with Gasteiger partial charge in [0, 0.05) is 76.3 Å². The summed E-state index contributed by atoms with van der Waals surface area (Å²) in [5, 5.41) is 3.45. The Morgan fingerprint density at radius 2 is 1.89 bits per heavy atom. The van der Waals surface area contributed by atoms with Crippen molar-refractivity contribution in [2.24, 2.45) is 5.92 Å². The fraction of sp³-hybridized carbons (Fsp3) is 0.531. The average Bonchev–Trinajstić information content (AvgIpc) is 3.52. The zero-order valence-electron chi connectivity index (χ0n) is 26.1. The molecule has 236 valence electrons. The van der Waals surface area contributed by atoms with Gasteiger partial charge in [0.2, 0.25) is 23.7 Å². The molecule has 2 fully saturated rings. The smallest absolute Gasteiger partial charge is 0.232 e. The number of unbranched alkanes of at least 4 members (excludes halogenated alkanes) is 2. The van der Waals surface area contributed by atoms with Gasteiger partial charge in [-0.1, -0.05) is 38.8 Å². The van der Waals surface area contributed by atoms with Crippen molar-refractivity contribution in [1.29, 1.82) is 0 Å². The summed E-state index contributed by atoms with van der Waals surface area (Å²) in [7, 11) is 1.69. The quantitative estimate of drug-likeness (QED) is 0.223. The van der Waals surface area contributed by atoms with Crippen molar-refractivity contribution < 1.29 is 19.1 Å². The van der Waals surface area contributed by atoms with E-state index in [4.69, 9.17) is 10.5 Å². The van der Waals surface area contributed by atoms with Gasteiger partial charge in [-0.25, -0.2) is 4.98 Å². The van der Waals surface area contributed by atoms with Gasteiger partial charge in [-0.05, 0) is 24.1 Å². The van der Waals surface area contributed by atoms with Crippen LogP contribution in [0.3, 0.4) is 0 Å². The second kappa shape index (κ2) is 14.1. The molecular formula is C32H44N8O4. The van der Waals surface area contributed by atoms with E-state index < -0.39 is 0 Å². The topological polar surface area (TPSA) is 139 Å². The van der Waals surface area contributed by atoms with Crippen LogP contribution >= 0.6 is 0 Å². The largest absolute Gasteiger partial charge is 0.496 e. The lowest BCUT2D eigenvalue weighted by atomic mass is 10.1. The van der Waals surface area contributed by atoms with E-state index in [1.165, 1.54) is 4.90 Å². The Balaban J connectivity index is 1.17. The van der Waals surface area contributed by atoms with Crippen LogP contribution in [-0.2, 0) is 27.5 Å². The maximum Gasteiger partial charge on any atom is 0.232 e. The van der Waals surface area contributed by atoms with E-state index in [0.29, 0.717) is 19.6 Å². The predicted octanol–water partition coefficient (Wildman–Crippen LogP) is 3.10. The number of nitrogens with one attached hydrogen (secondary N) is 1. The number of benzene rings is 1. The lowest BCUT2D eigenvalue weighted by molar-refractivity contribution is -0.140. The van der Waals surface area contributed by atoms with E-state index in [0.717, 1.165) is 79.2 Å². The Morgan fingerprint density at radius 1 is 1.09 bits per heavy atom. The van der Waals surface area contributed by atoms with Crippen LogP contribution in [0, 0.1) is 5.92 Å². The zero-order chi connectivity index (χ0) is 31.2. The molecule has 1 aromatic carbocycles. The number of nitrogen functional groups attached to an aromatic ring is 1. The lowest BCUT2D eigenvalue weighted by Gasteiger charge is -2.35. The molecule has 2 aliphatic rings. The van der Waals surface area contributed by atoms with Gasteiger partial charge >= 0.3 is 0 Å². The molecule has 3 aromatic rings. The van der Waals surface area contributed by atoms with Crippen LogP contribution in [0.25, 0.3) is 11.0 Å². The number of aromatic nitrogens is 3. The SMILES string of the molecule is CCCCCNc1nc(N)nc2ccn(Cc3ccc(CN4CCN(C(=O)CCN5C(=O)CC(C)C5=O)CC4)cc3OC)c12. The number of carbonyl (C=O) groups excluding carboxylic acids is 3. The molecule has 12 heteroatoms. The highest BCUT2D eigenvalue weighted by Crippen LogP contribution is 2.28. The van der Waals surface area contributed by atoms with E-state index >= 15 is 0 Å². The monoisotopic (exact) mass is 604 g/mol. The van der Waals surface area contributed by atoms with Crippen molar-refractivity contribution in [2.75, 3.05) is 57.4 Å². The normalized spacial score (nSPS) is 17.6. The zero-order valence-corrected chi connectivity index (χ0v) is 26.1. The molecule has 0 aliphatic carbocycles. The Kier molecular flexibility index (Phi) is 9.99. The third kappa shape index (κ3) is 7.12. The molecule has 1 atom stereocenters. The van der Waals surface area contributed by atoms with E-state index in [2.05, 4.69) is 49.9 Å². The molecule has 12 nitrogen and oxygen atoms in total. The van der Waals surface area contributed by atoms with Gasteiger partial charge in [0.25, 0.3) is 0 Å². The number of fused-ring (bicyclic) bond motifs is 1. The number of rotatable bonds is 13. The van der Waals surface area contributed by atoms with Crippen LogP contribution in [-0.4, -0.2) is 93.3 Å². The summed E-state index contributed by atoms with van der Waals surface area (Å²) in [5.41, 5.74) is 9.89.